The average molecular weight is 528 g/mol. The summed E-state index contributed by atoms with van der Waals surface area (Å²) in [7, 11) is 0. The molecule has 4 aromatic rings. The average Bonchev–Trinajstić information content (AvgIpc) is 2.96. The molecule has 0 aliphatic rings. The fourth-order valence-corrected chi connectivity index (χ4v) is 4.15. The van der Waals surface area contributed by atoms with Gasteiger partial charge in [-0.1, -0.05) is 62.6 Å². The first-order valence-corrected chi connectivity index (χ1v) is 13.4. The summed E-state index contributed by atoms with van der Waals surface area (Å²) in [6, 6.07) is 23.0. The third kappa shape index (κ3) is 7.80. The van der Waals surface area contributed by atoms with Crippen LogP contribution in [0.4, 0.5) is 5.69 Å². The Hall–Kier alpha value is -4.39. The fraction of sp³-hybridized carbons (Fsp3) is 0.281. The Bertz CT molecular complexity index is 1440. The maximum atomic E-state index is 13.0. The molecule has 39 heavy (non-hydrogen) atoms. The highest BCUT2D eigenvalue weighted by Gasteiger charge is 2.17. The molecule has 0 spiro atoms. The molecule has 0 fully saturated rings. The molecule has 4 rings (SSSR count). The van der Waals surface area contributed by atoms with Crippen molar-refractivity contribution in [1.29, 1.82) is 0 Å². The maximum Gasteiger partial charge on any atom is 0.374 e. The number of para-hydroxylation sites is 1. The molecule has 0 saturated heterocycles. The van der Waals surface area contributed by atoms with Crippen molar-refractivity contribution in [3.8, 4) is 5.75 Å². The van der Waals surface area contributed by atoms with Crippen molar-refractivity contribution >= 4 is 28.5 Å². The summed E-state index contributed by atoms with van der Waals surface area (Å²) in [4.78, 5) is 38.1. The number of fused-ring (bicyclic) bond motifs is 1. The number of rotatable bonds is 13. The molecule has 7 nitrogen and oxygen atoms in total. The molecule has 1 aromatic heterocycles. The predicted octanol–water partition coefficient (Wildman–Crippen LogP) is 6.79. The van der Waals surface area contributed by atoms with E-state index in [1.54, 1.807) is 42.5 Å². The maximum absolute atomic E-state index is 13.0. The third-order valence-electron chi connectivity index (χ3n) is 6.27. The number of carbonyl (C=O) groups is 2. The third-order valence-corrected chi connectivity index (χ3v) is 6.27. The van der Waals surface area contributed by atoms with Crippen molar-refractivity contribution < 1.29 is 23.5 Å². The van der Waals surface area contributed by atoms with Crippen LogP contribution in [0.5, 0.6) is 5.75 Å². The quantitative estimate of drug-likeness (QED) is 0.152. The number of carbonyl (C=O) groups excluding carboxylic acids is 2. The lowest BCUT2D eigenvalue weighted by atomic mass is 10.1. The molecule has 1 amide bonds. The van der Waals surface area contributed by atoms with Crippen molar-refractivity contribution in [3.05, 3.63) is 106 Å². The van der Waals surface area contributed by atoms with Crippen molar-refractivity contribution in [2.24, 2.45) is 0 Å². The Morgan fingerprint density at radius 1 is 0.846 bits per heavy atom. The molecule has 0 aliphatic heterocycles. The summed E-state index contributed by atoms with van der Waals surface area (Å²) in [6.07, 6.45) is 5.66. The van der Waals surface area contributed by atoms with Crippen LogP contribution in [0.1, 0.15) is 65.5 Å². The molecule has 0 aliphatic carbocycles. The van der Waals surface area contributed by atoms with E-state index in [0.29, 0.717) is 17.9 Å². The minimum Gasteiger partial charge on any atom is -0.494 e. The summed E-state index contributed by atoms with van der Waals surface area (Å²) in [6.45, 7) is 2.93. The normalized spacial score (nSPS) is 10.8. The van der Waals surface area contributed by atoms with E-state index in [4.69, 9.17) is 13.9 Å². The van der Waals surface area contributed by atoms with Crippen LogP contribution in [0.2, 0.25) is 0 Å². The van der Waals surface area contributed by atoms with E-state index in [1.807, 2.05) is 18.2 Å². The zero-order valence-electron chi connectivity index (χ0n) is 22.1. The van der Waals surface area contributed by atoms with Crippen molar-refractivity contribution in [1.82, 2.24) is 0 Å². The van der Waals surface area contributed by atoms with Crippen LogP contribution in [0.15, 0.2) is 88.1 Å². The highest BCUT2D eigenvalue weighted by molar-refractivity contribution is 6.08. The Labute approximate surface area is 227 Å². The zero-order valence-corrected chi connectivity index (χ0v) is 22.1. The topological polar surface area (TPSA) is 94.8 Å². The predicted molar refractivity (Wildman–Crippen MR) is 152 cm³/mol. The van der Waals surface area contributed by atoms with Crippen LogP contribution in [0.25, 0.3) is 11.0 Å². The zero-order chi connectivity index (χ0) is 27.5. The van der Waals surface area contributed by atoms with Gasteiger partial charge in [-0.2, -0.15) is 0 Å². The highest BCUT2D eigenvalue weighted by atomic mass is 16.5. The lowest BCUT2D eigenvalue weighted by molar-refractivity contribution is 0.0462. The van der Waals surface area contributed by atoms with Crippen LogP contribution < -0.4 is 15.5 Å². The van der Waals surface area contributed by atoms with Crippen LogP contribution in [0.3, 0.4) is 0 Å². The van der Waals surface area contributed by atoms with Crippen molar-refractivity contribution in [2.45, 2.75) is 45.4 Å². The summed E-state index contributed by atoms with van der Waals surface area (Å²) < 4.78 is 16.8. The number of nitrogens with one attached hydrogen (secondary N) is 1. The smallest absolute Gasteiger partial charge is 0.374 e. The molecule has 0 unspecified atom stereocenters. The minimum absolute atomic E-state index is 0.120. The SMILES string of the molecule is CCCCCCOC(=O)c1cc(=O)c2cccc(NC(=O)c3ccc(OCCCc4ccccc4)cc3)c2o1. The number of amides is 1. The second-order valence-corrected chi connectivity index (χ2v) is 9.27. The van der Waals surface area contributed by atoms with Gasteiger partial charge >= 0.3 is 5.97 Å². The number of hydrogen-bond acceptors (Lipinski definition) is 6. The Morgan fingerprint density at radius 3 is 2.41 bits per heavy atom. The molecule has 202 valence electrons. The number of hydrogen-bond donors (Lipinski definition) is 1. The van der Waals surface area contributed by atoms with Gasteiger partial charge in [-0.05, 0) is 61.2 Å². The van der Waals surface area contributed by atoms with E-state index < -0.39 is 5.97 Å². The van der Waals surface area contributed by atoms with Gasteiger partial charge in [0, 0.05) is 11.6 Å². The standard InChI is InChI=1S/C32H33NO6/c1-2-3-4-8-20-38-32(36)29-22-28(34)26-14-9-15-27(30(26)39-29)33-31(35)24-16-18-25(19-17-24)37-21-10-13-23-11-6-5-7-12-23/h5-7,9,11-12,14-19,22H,2-4,8,10,13,20-21H2,1H3,(H,33,35). The van der Waals surface area contributed by atoms with Crippen LogP contribution >= 0.6 is 0 Å². The van der Waals surface area contributed by atoms with Gasteiger partial charge in [-0.25, -0.2) is 4.79 Å². The largest absolute Gasteiger partial charge is 0.494 e. The Kier molecular flexibility index (Phi) is 9.89. The summed E-state index contributed by atoms with van der Waals surface area (Å²) in [5, 5.41) is 3.04. The molecular weight excluding hydrogens is 494 g/mol. The molecule has 7 heteroatoms. The molecule has 1 N–H and O–H groups in total. The monoisotopic (exact) mass is 527 g/mol. The van der Waals surface area contributed by atoms with E-state index in [1.165, 1.54) is 5.56 Å². The van der Waals surface area contributed by atoms with Crippen LogP contribution in [-0.2, 0) is 11.2 Å². The van der Waals surface area contributed by atoms with E-state index in [9.17, 15) is 14.4 Å². The van der Waals surface area contributed by atoms with Gasteiger partial charge in [0.2, 0.25) is 5.76 Å². The molecule has 0 atom stereocenters. The second-order valence-electron chi connectivity index (χ2n) is 9.27. The van der Waals surface area contributed by atoms with Gasteiger partial charge in [0.25, 0.3) is 5.91 Å². The lowest BCUT2D eigenvalue weighted by Gasteiger charge is -2.10. The van der Waals surface area contributed by atoms with Crippen LogP contribution in [0, 0.1) is 0 Å². The molecule has 0 bridgehead atoms. The first-order chi connectivity index (χ1) is 19.0. The molecule has 3 aromatic carbocycles. The van der Waals surface area contributed by atoms with Gasteiger partial charge in [0.1, 0.15) is 5.75 Å². The van der Waals surface area contributed by atoms with Gasteiger partial charge in [-0.3, -0.25) is 9.59 Å². The summed E-state index contributed by atoms with van der Waals surface area (Å²) in [5.41, 5.74) is 1.69. The van der Waals surface area contributed by atoms with E-state index >= 15 is 0 Å². The molecule has 0 radical (unpaired) electrons. The minimum atomic E-state index is -0.703. The Balaban J connectivity index is 1.38. The Morgan fingerprint density at radius 2 is 1.64 bits per heavy atom. The number of anilines is 1. The molecular formula is C32H33NO6. The first-order valence-electron chi connectivity index (χ1n) is 13.4. The first kappa shape index (κ1) is 27.6. The number of esters is 1. The van der Waals surface area contributed by atoms with Crippen molar-refractivity contribution in [3.63, 3.8) is 0 Å². The number of benzene rings is 3. The van der Waals surface area contributed by atoms with Gasteiger partial charge in [0.15, 0.2) is 11.0 Å². The lowest BCUT2D eigenvalue weighted by Crippen LogP contribution is -2.14. The molecule has 0 saturated carbocycles. The van der Waals surface area contributed by atoms with Crippen LogP contribution in [-0.4, -0.2) is 25.1 Å². The van der Waals surface area contributed by atoms with Gasteiger partial charge in [-0.15, -0.1) is 0 Å². The fourth-order valence-electron chi connectivity index (χ4n) is 4.15. The highest BCUT2D eigenvalue weighted by Crippen LogP contribution is 2.24. The number of ether oxygens (including phenoxy) is 2. The summed E-state index contributed by atoms with van der Waals surface area (Å²) in [5.74, 6) is -0.609. The van der Waals surface area contributed by atoms with E-state index in [2.05, 4.69) is 24.4 Å². The van der Waals surface area contributed by atoms with Gasteiger partial charge < -0.3 is 19.2 Å². The summed E-state index contributed by atoms with van der Waals surface area (Å²) >= 11 is 0. The van der Waals surface area contributed by atoms with Gasteiger partial charge in [0.05, 0.1) is 24.3 Å². The van der Waals surface area contributed by atoms with E-state index in [0.717, 1.165) is 44.6 Å². The van der Waals surface area contributed by atoms with E-state index in [-0.39, 0.29) is 40.4 Å². The van der Waals surface area contributed by atoms with Crippen molar-refractivity contribution in [2.75, 3.05) is 18.5 Å². The second kappa shape index (κ2) is 14.0. The number of aryl methyl sites for hydroxylation is 1. The molecule has 1 heterocycles. The number of unbranched alkanes of at least 4 members (excludes halogenated alkanes) is 3.